The number of amides is 1. The zero-order valence-electron chi connectivity index (χ0n) is 15.9. The van der Waals surface area contributed by atoms with Gasteiger partial charge in [0.2, 0.25) is 15.9 Å². The number of hydrogen-bond donors (Lipinski definition) is 2. The number of nitrogens with one attached hydrogen (secondary N) is 1. The average molecular weight is 450 g/mol. The lowest BCUT2D eigenvalue weighted by atomic mass is 9.98. The summed E-state index contributed by atoms with van der Waals surface area (Å²) in [6, 6.07) is 12.3. The largest absolute Gasteiger partial charge is 0.478 e. The van der Waals surface area contributed by atoms with E-state index >= 15 is 0 Å². The molecule has 3 rings (SSSR count). The predicted octanol–water partition coefficient (Wildman–Crippen LogP) is 2.59. The van der Waals surface area contributed by atoms with Crippen molar-refractivity contribution in [1.82, 2.24) is 9.73 Å². The summed E-state index contributed by atoms with van der Waals surface area (Å²) in [5, 5.41) is 13.5. The second-order valence-electron chi connectivity index (χ2n) is 6.76. The minimum absolute atomic E-state index is 0.0798. The SMILES string of the molecule is O=C(O)c1ccccc1/C=N\NC(=O)C1CCN(S(=O)(=O)c2ccc(Cl)cc2)CC1. The monoisotopic (exact) mass is 449 g/mol. The zero-order chi connectivity index (χ0) is 21.7. The first kappa shape index (κ1) is 21.9. The summed E-state index contributed by atoms with van der Waals surface area (Å²) in [6.45, 7) is 0.434. The molecule has 1 amide bonds. The molecule has 1 heterocycles. The van der Waals surface area contributed by atoms with Crippen LogP contribution in [0.1, 0.15) is 28.8 Å². The van der Waals surface area contributed by atoms with E-state index < -0.39 is 16.0 Å². The lowest BCUT2D eigenvalue weighted by Crippen LogP contribution is -2.42. The standard InChI is InChI=1S/C20H20ClN3O5S/c21-16-5-7-17(8-6-16)30(28,29)24-11-9-14(10-12-24)19(25)23-22-13-15-3-1-2-4-18(15)20(26)27/h1-8,13-14H,9-12H2,(H,23,25)(H,26,27)/b22-13-. The number of carboxylic acids is 1. The van der Waals surface area contributed by atoms with Gasteiger partial charge in [-0.2, -0.15) is 9.41 Å². The second kappa shape index (κ2) is 9.38. The Hall–Kier alpha value is -2.75. The molecule has 2 aromatic rings. The van der Waals surface area contributed by atoms with Gasteiger partial charge in [0.25, 0.3) is 0 Å². The van der Waals surface area contributed by atoms with Crippen LogP contribution in [-0.4, -0.2) is 49.0 Å². The zero-order valence-corrected chi connectivity index (χ0v) is 17.4. The topological polar surface area (TPSA) is 116 Å². The van der Waals surface area contributed by atoms with E-state index in [2.05, 4.69) is 10.5 Å². The maximum atomic E-state index is 12.7. The number of benzene rings is 2. The molecule has 1 aliphatic rings. The molecule has 10 heteroatoms. The molecule has 0 aromatic heterocycles. The molecule has 2 N–H and O–H groups in total. The Labute approximate surface area is 179 Å². The van der Waals surface area contributed by atoms with Crippen LogP contribution in [0.5, 0.6) is 0 Å². The van der Waals surface area contributed by atoms with Crippen LogP contribution < -0.4 is 5.43 Å². The van der Waals surface area contributed by atoms with Gasteiger partial charge in [-0.3, -0.25) is 4.79 Å². The van der Waals surface area contributed by atoms with E-state index in [9.17, 15) is 18.0 Å². The van der Waals surface area contributed by atoms with Gasteiger partial charge in [-0.05, 0) is 43.2 Å². The molecule has 8 nitrogen and oxygen atoms in total. The van der Waals surface area contributed by atoms with E-state index in [1.807, 2.05) is 0 Å². The van der Waals surface area contributed by atoms with Gasteiger partial charge in [-0.1, -0.05) is 29.8 Å². The minimum Gasteiger partial charge on any atom is -0.478 e. The number of piperidine rings is 1. The Morgan fingerprint density at radius 2 is 1.73 bits per heavy atom. The van der Waals surface area contributed by atoms with Gasteiger partial charge in [0.15, 0.2) is 0 Å². The number of carbonyl (C=O) groups is 2. The summed E-state index contributed by atoms with van der Waals surface area (Å²) in [5.74, 6) is -1.80. The summed E-state index contributed by atoms with van der Waals surface area (Å²) in [7, 11) is -3.64. The summed E-state index contributed by atoms with van der Waals surface area (Å²) in [5.41, 5.74) is 2.86. The van der Waals surface area contributed by atoms with Gasteiger partial charge in [-0.25, -0.2) is 18.6 Å². The van der Waals surface area contributed by atoms with Crippen molar-refractivity contribution in [2.24, 2.45) is 11.0 Å². The van der Waals surface area contributed by atoms with E-state index in [0.717, 1.165) is 0 Å². The third kappa shape index (κ3) is 5.05. The molecule has 0 aliphatic carbocycles. The maximum Gasteiger partial charge on any atom is 0.336 e. The number of aromatic carboxylic acids is 1. The van der Waals surface area contributed by atoms with Crippen LogP contribution in [0, 0.1) is 5.92 Å². The molecule has 2 aromatic carbocycles. The second-order valence-corrected chi connectivity index (χ2v) is 9.13. The molecule has 1 aliphatic heterocycles. The highest BCUT2D eigenvalue weighted by molar-refractivity contribution is 7.89. The number of halogens is 1. The Balaban J connectivity index is 1.57. The van der Waals surface area contributed by atoms with Crippen molar-refractivity contribution in [2.45, 2.75) is 17.7 Å². The third-order valence-corrected chi connectivity index (χ3v) is 7.01. The average Bonchev–Trinajstić information content (AvgIpc) is 2.74. The van der Waals surface area contributed by atoms with Gasteiger partial charge in [0.1, 0.15) is 0 Å². The van der Waals surface area contributed by atoms with Crippen molar-refractivity contribution < 1.29 is 23.1 Å². The molecule has 158 valence electrons. The number of hydrogen-bond acceptors (Lipinski definition) is 5. The Morgan fingerprint density at radius 1 is 1.10 bits per heavy atom. The molecule has 0 bridgehead atoms. The number of carboxylic acid groups (broad SMARTS) is 1. The first-order valence-corrected chi connectivity index (χ1v) is 11.0. The molecule has 0 atom stereocenters. The van der Waals surface area contributed by atoms with Crippen molar-refractivity contribution in [2.75, 3.05) is 13.1 Å². The molecule has 1 saturated heterocycles. The molecule has 1 fully saturated rings. The van der Waals surface area contributed by atoms with E-state index in [1.165, 1.54) is 40.9 Å². The molecule has 0 spiro atoms. The Kier molecular flexibility index (Phi) is 6.86. The summed E-state index contributed by atoms with van der Waals surface area (Å²) in [4.78, 5) is 23.7. The van der Waals surface area contributed by atoms with E-state index in [1.54, 1.807) is 18.2 Å². The normalized spacial score (nSPS) is 15.9. The molecule has 30 heavy (non-hydrogen) atoms. The van der Waals surface area contributed by atoms with Gasteiger partial charge < -0.3 is 5.11 Å². The summed E-state index contributed by atoms with van der Waals surface area (Å²) in [6.07, 6.45) is 2.00. The number of rotatable bonds is 6. The Morgan fingerprint density at radius 3 is 2.37 bits per heavy atom. The van der Waals surface area contributed by atoms with Crippen LogP contribution in [0.3, 0.4) is 0 Å². The van der Waals surface area contributed by atoms with Crippen molar-refractivity contribution in [3.8, 4) is 0 Å². The smallest absolute Gasteiger partial charge is 0.336 e. The molecular formula is C20H20ClN3O5S. The fraction of sp³-hybridized carbons (Fsp3) is 0.250. The van der Waals surface area contributed by atoms with Crippen molar-refractivity contribution >= 4 is 39.7 Å². The summed E-state index contributed by atoms with van der Waals surface area (Å²) < 4.78 is 26.8. The molecule has 0 unspecified atom stereocenters. The van der Waals surface area contributed by atoms with E-state index in [4.69, 9.17) is 16.7 Å². The Bertz CT molecular complexity index is 1060. The fourth-order valence-corrected chi connectivity index (χ4v) is 4.77. The summed E-state index contributed by atoms with van der Waals surface area (Å²) >= 11 is 5.81. The molecular weight excluding hydrogens is 430 g/mol. The lowest BCUT2D eigenvalue weighted by molar-refractivity contribution is -0.126. The lowest BCUT2D eigenvalue weighted by Gasteiger charge is -2.30. The first-order valence-electron chi connectivity index (χ1n) is 9.20. The van der Waals surface area contributed by atoms with Crippen LogP contribution in [0.2, 0.25) is 5.02 Å². The quantitative estimate of drug-likeness (QED) is 0.519. The molecule has 0 radical (unpaired) electrons. The molecule has 0 saturated carbocycles. The van der Waals surface area contributed by atoms with E-state index in [-0.39, 0.29) is 35.4 Å². The van der Waals surface area contributed by atoms with Gasteiger partial charge in [-0.15, -0.1) is 0 Å². The third-order valence-electron chi connectivity index (χ3n) is 4.85. The van der Waals surface area contributed by atoms with Gasteiger partial charge >= 0.3 is 5.97 Å². The fourth-order valence-electron chi connectivity index (χ4n) is 3.18. The van der Waals surface area contributed by atoms with Crippen molar-refractivity contribution in [1.29, 1.82) is 0 Å². The van der Waals surface area contributed by atoms with Crippen LogP contribution in [0.25, 0.3) is 0 Å². The van der Waals surface area contributed by atoms with E-state index in [0.29, 0.717) is 23.4 Å². The van der Waals surface area contributed by atoms with Crippen LogP contribution in [0.4, 0.5) is 0 Å². The minimum atomic E-state index is -3.64. The van der Waals surface area contributed by atoms with Crippen LogP contribution >= 0.6 is 11.6 Å². The number of carbonyl (C=O) groups excluding carboxylic acids is 1. The van der Waals surface area contributed by atoms with Crippen molar-refractivity contribution in [3.63, 3.8) is 0 Å². The van der Waals surface area contributed by atoms with Crippen LogP contribution in [-0.2, 0) is 14.8 Å². The highest BCUT2D eigenvalue weighted by Crippen LogP contribution is 2.24. The first-order chi connectivity index (χ1) is 14.3. The number of nitrogens with zero attached hydrogens (tertiary/aromatic N) is 2. The highest BCUT2D eigenvalue weighted by atomic mass is 35.5. The number of hydrazone groups is 1. The predicted molar refractivity (Wildman–Crippen MR) is 112 cm³/mol. The maximum absolute atomic E-state index is 12.7. The van der Waals surface area contributed by atoms with Crippen LogP contribution in [0.15, 0.2) is 58.5 Å². The number of sulfonamides is 1. The highest BCUT2D eigenvalue weighted by Gasteiger charge is 2.32. The van der Waals surface area contributed by atoms with Gasteiger partial charge in [0, 0.05) is 29.6 Å². The van der Waals surface area contributed by atoms with Gasteiger partial charge in [0.05, 0.1) is 16.7 Å². The van der Waals surface area contributed by atoms with Crippen molar-refractivity contribution in [3.05, 3.63) is 64.7 Å².